The van der Waals surface area contributed by atoms with Crippen molar-refractivity contribution < 1.29 is 33.0 Å². The van der Waals surface area contributed by atoms with Gasteiger partial charge in [-0.25, -0.2) is 18.6 Å². The maximum atomic E-state index is 14.8. The summed E-state index contributed by atoms with van der Waals surface area (Å²) in [5.41, 5.74) is 3.80. The smallest absolute Gasteiger partial charge is 0.404 e. The molecule has 0 saturated heterocycles. The number of ether oxygens (including phenoxy) is 2. The maximum Gasteiger partial charge on any atom is 0.404 e. The van der Waals surface area contributed by atoms with Crippen LogP contribution in [0.4, 0.5) is 13.6 Å². The molecular formula is C21H18F2N2O5. The third-order valence-electron chi connectivity index (χ3n) is 4.41. The van der Waals surface area contributed by atoms with E-state index in [-0.39, 0.29) is 24.2 Å². The van der Waals surface area contributed by atoms with Gasteiger partial charge in [0.2, 0.25) is 5.88 Å². The number of phenolic OH excluding ortho intramolecular Hbond substituents is 1. The lowest BCUT2D eigenvalue weighted by Gasteiger charge is -2.13. The highest BCUT2D eigenvalue weighted by molar-refractivity contribution is 6.17. The van der Waals surface area contributed by atoms with Crippen LogP contribution in [0, 0.1) is 11.6 Å². The zero-order chi connectivity index (χ0) is 21.8. The van der Waals surface area contributed by atoms with Gasteiger partial charge in [0.05, 0.1) is 18.8 Å². The summed E-state index contributed by atoms with van der Waals surface area (Å²) < 4.78 is 39.4. The largest absolute Gasteiger partial charge is 0.505 e. The van der Waals surface area contributed by atoms with E-state index in [9.17, 15) is 23.5 Å². The Morgan fingerprint density at radius 3 is 2.67 bits per heavy atom. The van der Waals surface area contributed by atoms with Crippen molar-refractivity contribution in [1.82, 2.24) is 4.98 Å². The number of aromatic nitrogens is 1. The second-order valence-electron chi connectivity index (χ2n) is 6.25. The monoisotopic (exact) mass is 416 g/mol. The van der Waals surface area contributed by atoms with Crippen LogP contribution in [0.1, 0.15) is 28.4 Å². The minimum atomic E-state index is -1.40. The van der Waals surface area contributed by atoms with Gasteiger partial charge in [-0.3, -0.25) is 4.79 Å². The fourth-order valence-electron chi connectivity index (χ4n) is 3.08. The van der Waals surface area contributed by atoms with E-state index in [0.717, 1.165) is 6.07 Å². The van der Waals surface area contributed by atoms with E-state index in [2.05, 4.69) is 9.72 Å². The predicted octanol–water partition coefficient (Wildman–Crippen LogP) is 3.49. The molecule has 0 aliphatic rings. The van der Waals surface area contributed by atoms with Crippen molar-refractivity contribution in [2.24, 2.45) is 5.73 Å². The van der Waals surface area contributed by atoms with Crippen LogP contribution in [0.2, 0.25) is 0 Å². The fourth-order valence-corrected chi connectivity index (χ4v) is 3.08. The quantitative estimate of drug-likeness (QED) is 0.571. The number of benzene rings is 2. The van der Waals surface area contributed by atoms with Gasteiger partial charge in [0.1, 0.15) is 5.82 Å². The molecule has 30 heavy (non-hydrogen) atoms. The van der Waals surface area contributed by atoms with Crippen LogP contribution in [0.15, 0.2) is 36.5 Å². The third kappa shape index (κ3) is 4.00. The topological polar surface area (TPSA) is 112 Å². The Hall–Kier alpha value is -3.75. The molecule has 0 aliphatic carbocycles. The summed E-state index contributed by atoms with van der Waals surface area (Å²) in [6.07, 6.45) is 0.185. The van der Waals surface area contributed by atoms with Gasteiger partial charge in [-0.05, 0) is 30.5 Å². The van der Waals surface area contributed by atoms with Crippen molar-refractivity contribution in [3.8, 4) is 11.6 Å². The molecule has 0 fully saturated rings. The zero-order valence-corrected chi connectivity index (χ0v) is 15.9. The van der Waals surface area contributed by atoms with E-state index in [1.54, 1.807) is 19.1 Å². The minimum Gasteiger partial charge on any atom is -0.505 e. The molecule has 156 valence electrons. The van der Waals surface area contributed by atoms with Gasteiger partial charge >= 0.3 is 6.09 Å². The summed E-state index contributed by atoms with van der Waals surface area (Å²) in [7, 11) is 0. The van der Waals surface area contributed by atoms with Crippen molar-refractivity contribution in [3.63, 3.8) is 0 Å². The number of halogens is 2. The average Bonchev–Trinajstić information content (AvgIpc) is 2.71. The Kier molecular flexibility index (Phi) is 6.10. The Balaban J connectivity index is 2.04. The molecular weight excluding hydrogens is 398 g/mol. The maximum absolute atomic E-state index is 14.8. The number of carbonyl (C=O) groups is 2. The van der Waals surface area contributed by atoms with Crippen LogP contribution >= 0.6 is 0 Å². The van der Waals surface area contributed by atoms with Crippen LogP contribution in [0.5, 0.6) is 11.6 Å². The van der Waals surface area contributed by atoms with Crippen molar-refractivity contribution in [2.75, 3.05) is 13.2 Å². The van der Waals surface area contributed by atoms with Gasteiger partial charge in [-0.1, -0.05) is 12.1 Å². The van der Waals surface area contributed by atoms with E-state index < -0.39 is 34.8 Å². The summed E-state index contributed by atoms with van der Waals surface area (Å²) in [4.78, 5) is 27.7. The van der Waals surface area contributed by atoms with Crippen LogP contribution in [0.25, 0.3) is 10.8 Å². The van der Waals surface area contributed by atoms with E-state index >= 15 is 0 Å². The molecule has 7 nitrogen and oxygen atoms in total. The summed E-state index contributed by atoms with van der Waals surface area (Å²) in [6, 6.07) is 7.01. The Morgan fingerprint density at radius 2 is 1.97 bits per heavy atom. The highest BCUT2D eigenvalue weighted by Crippen LogP contribution is 2.32. The Labute approximate surface area is 170 Å². The number of pyridine rings is 1. The first-order valence-electron chi connectivity index (χ1n) is 9.02. The molecule has 0 spiro atoms. The third-order valence-corrected chi connectivity index (χ3v) is 4.41. The van der Waals surface area contributed by atoms with Gasteiger partial charge in [0, 0.05) is 29.1 Å². The van der Waals surface area contributed by atoms with Crippen molar-refractivity contribution in [1.29, 1.82) is 0 Å². The highest BCUT2D eigenvalue weighted by atomic mass is 19.1. The van der Waals surface area contributed by atoms with Crippen LogP contribution in [-0.4, -0.2) is 35.2 Å². The summed E-state index contributed by atoms with van der Waals surface area (Å²) in [5, 5.41) is 11.0. The first-order chi connectivity index (χ1) is 14.3. The Bertz CT molecular complexity index is 1130. The molecule has 0 saturated carbocycles. The number of hydrogen-bond donors (Lipinski definition) is 2. The highest BCUT2D eigenvalue weighted by Gasteiger charge is 2.26. The fraction of sp³-hybridized carbons (Fsp3) is 0.190. The standard InChI is InChI=1S/C21H18F2N2O5/c1-2-29-20-14-5-3-4-13(12(14)6-8-25-20)19(27)16-15(22)10-11(18(26)17(16)23)7-9-30-21(24)28/h3-6,8,10,26H,2,7,9H2,1H3,(H2,24,28). The molecule has 0 atom stereocenters. The van der Waals surface area contributed by atoms with Crippen molar-refractivity contribution in [2.45, 2.75) is 13.3 Å². The lowest BCUT2D eigenvalue weighted by atomic mass is 9.95. The molecule has 3 rings (SSSR count). The summed E-state index contributed by atoms with van der Waals surface area (Å²) in [5.74, 6) is -4.10. The second-order valence-corrected chi connectivity index (χ2v) is 6.25. The molecule has 0 bridgehead atoms. The average molecular weight is 416 g/mol. The van der Waals surface area contributed by atoms with Crippen LogP contribution in [0.3, 0.4) is 0 Å². The van der Waals surface area contributed by atoms with E-state index in [1.807, 2.05) is 0 Å². The number of amides is 1. The van der Waals surface area contributed by atoms with Gasteiger partial charge in [-0.2, -0.15) is 0 Å². The first kappa shape index (κ1) is 21.0. The number of fused-ring (bicyclic) bond motifs is 1. The molecule has 3 N–H and O–H groups in total. The predicted molar refractivity (Wildman–Crippen MR) is 104 cm³/mol. The van der Waals surface area contributed by atoms with Gasteiger partial charge < -0.3 is 20.3 Å². The summed E-state index contributed by atoms with van der Waals surface area (Å²) in [6.45, 7) is 1.84. The van der Waals surface area contributed by atoms with Crippen LogP contribution in [-0.2, 0) is 11.2 Å². The minimum absolute atomic E-state index is 0.0258. The molecule has 0 aliphatic heterocycles. The van der Waals surface area contributed by atoms with E-state index in [4.69, 9.17) is 10.5 Å². The van der Waals surface area contributed by atoms with Gasteiger partial charge in [0.15, 0.2) is 17.3 Å². The molecule has 2 aromatic carbocycles. The second kappa shape index (κ2) is 8.73. The number of primary amides is 1. The number of nitrogens with zero attached hydrogens (tertiary/aromatic N) is 1. The van der Waals surface area contributed by atoms with Gasteiger partial charge in [0.25, 0.3) is 0 Å². The molecule has 0 unspecified atom stereocenters. The number of ketones is 1. The SMILES string of the molecule is CCOc1nccc2c(C(=O)c3c(F)cc(CCOC(N)=O)c(O)c3F)cccc12. The number of rotatable bonds is 7. The lowest BCUT2D eigenvalue weighted by Crippen LogP contribution is -2.15. The van der Waals surface area contributed by atoms with Gasteiger partial charge in [-0.15, -0.1) is 0 Å². The first-order valence-corrected chi connectivity index (χ1v) is 9.02. The van der Waals surface area contributed by atoms with Crippen molar-refractivity contribution >= 4 is 22.6 Å². The molecule has 9 heteroatoms. The number of aromatic hydroxyl groups is 1. The zero-order valence-electron chi connectivity index (χ0n) is 15.9. The molecule has 1 heterocycles. The normalized spacial score (nSPS) is 10.8. The number of nitrogens with two attached hydrogens (primary N) is 1. The number of carbonyl (C=O) groups excluding carboxylic acids is 2. The Morgan fingerprint density at radius 1 is 1.20 bits per heavy atom. The van der Waals surface area contributed by atoms with E-state index in [1.165, 1.54) is 18.3 Å². The number of hydrogen-bond acceptors (Lipinski definition) is 6. The molecule has 0 radical (unpaired) electrons. The summed E-state index contributed by atoms with van der Waals surface area (Å²) >= 11 is 0. The molecule has 1 aromatic heterocycles. The molecule has 3 aromatic rings. The van der Waals surface area contributed by atoms with Crippen LogP contribution < -0.4 is 10.5 Å². The lowest BCUT2D eigenvalue weighted by molar-refractivity contribution is 0.103. The van der Waals surface area contributed by atoms with Crippen molar-refractivity contribution in [3.05, 3.63) is 64.9 Å². The molecule has 1 amide bonds. The van der Waals surface area contributed by atoms with E-state index in [0.29, 0.717) is 23.3 Å². The number of phenols is 1.